The average molecular weight is 365 g/mol. The minimum Gasteiger partial charge on any atom is -0.376 e. The maximum atomic E-state index is 9.49. The molecule has 2 aromatic heterocycles. The van der Waals surface area contributed by atoms with Crippen molar-refractivity contribution in [1.82, 2.24) is 15.0 Å². The van der Waals surface area contributed by atoms with Crippen molar-refractivity contribution in [2.75, 3.05) is 42.3 Å². The molecule has 0 amide bonds. The van der Waals surface area contributed by atoms with E-state index in [1.165, 1.54) is 0 Å². The molecule has 27 heavy (non-hydrogen) atoms. The number of anilines is 3. The van der Waals surface area contributed by atoms with Crippen LogP contribution in [0.5, 0.6) is 0 Å². The largest absolute Gasteiger partial charge is 0.376 e. The van der Waals surface area contributed by atoms with Crippen LogP contribution in [0.3, 0.4) is 0 Å². The summed E-state index contributed by atoms with van der Waals surface area (Å²) in [6, 6.07) is 6.43. The summed E-state index contributed by atoms with van der Waals surface area (Å²) in [4.78, 5) is 15.6. The monoisotopic (exact) mass is 365 g/mol. The Kier molecular flexibility index (Phi) is 5.03. The summed E-state index contributed by atoms with van der Waals surface area (Å²) >= 11 is 0. The Bertz CT molecular complexity index is 864. The lowest BCUT2D eigenvalue weighted by Crippen LogP contribution is -2.36. The second-order valence-corrected chi connectivity index (χ2v) is 6.79. The van der Waals surface area contributed by atoms with Crippen LogP contribution >= 0.6 is 0 Å². The minimum atomic E-state index is 0.303. The highest BCUT2D eigenvalue weighted by molar-refractivity contribution is 5.55. The highest BCUT2D eigenvalue weighted by Gasteiger charge is 2.26. The van der Waals surface area contributed by atoms with Gasteiger partial charge in [0.1, 0.15) is 29.9 Å². The number of hydrogen-bond donors (Lipinski definition) is 2. The van der Waals surface area contributed by atoms with E-state index in [0.717, 1.165) is 55.2 Å². The van der Waals surface area contributed by atoms with Gasteiger partial charge in [-0.2, -0.15) is 5.26 Å². The average Bonchev–Trinajstić information content (AvgIpc) is 3.20. The van der Waals surface area contributed by atoms with Gasteiger partial charge < -0.3 is 20.3 Å². The van der Waals surface area contributed by atoms with Crippen molar-refractivity contribution in [3.63, 3.8) is 0 Å². The van der Waals surface area contributed by atoms with Crippen molar-refractivity contribution < 1.29 is 4.74 Å². The highest BCUT2D eigenvalue weighted by atomic mass is 16.5. The predicted molar refractivity (Wildman–Crippen MR) is 103 cm³/mol. The first-order valence-electron chi connectivity index (χ1n) is 9.29. The number of ether oxygens (including phenoxy) is 1. The molecule has 2 aromatic rings. The maximum Gasteiger partial charge on any atom is 0.144 e. The van der Waals surface area contributed by atoms with Crippen LogP contribution in [0.2, 0.25) is 0 Å². The fourth-order valence-electron chi connectivity index (χ4n) is 3.71. The molecule has 1 saturated heterocycles. The van der Waals surface area contributed by atoms with Gasteiger partial charge in [0.15, 0.2) is 0 Å². The Hall–Kier alpha value is -2.92. The van der Waals surface area contributed by atoms with Gasteiger partial charge >= 0.3 is 0 Å². The van der Waals surface area contributed by atoms with Gasteiger partial charge in [0.05, 0.1) is 24.5 Å². The topological polar surface area (TPSA) is 99.0 Å². The van der Waals surface area contributed by atoms with E-state index in [2.05, 4.69) is 31.6 Å². The number of fused-ring (bicyclic) bond motifs is 1. The van der Waals surface area contributed by atoms with Crippen molar-refractivity contribution in [3.8, 4) is 6.07 Å². The van der Waals surface area contributed by atoms with Crippen molar-refractivity contribution in [2.45, 2.75) is 31.9 Å². The summed E-state index contributed by atoms with van der Waals surface area (Å²) in [5.41, 5.74) is 2.62. The van der Waals surface area contributed by atoms with E-state index in [9.17, 15) is 5.26 Å². The van der Waals surface area contributed by atoms with E-state index in [0.29, 0.717) is 30.6 Å². The lowest BCUT2D eigenvalue weighted by Gasteiger charge is -2.26. The standard InChI is InChI=1S/C19H23N7O/c1-21-17-8-18(24-12-23-17)26-5-2-3-15(26)10-22-19-13(9-20)7-14-11-27-6-4-16(14)25-19/h7-8,12,15H,2-6,10-11H2,1H3,(H,22,25)(H,21,23,24). The molecule has 0 saturated carbocycles. The first-order chi connectivity index (χ1) is 13.3. The highest BCUT2D eigenvalue weighted by Crippen LogP contribution is 2.26. The molecule has 0 aromatic carbocycles. The number of rotatable bonds is 5. The van der Waals surface area contributed by atoms with Crippen LogP contribution in [0.4, 0.5) is 17.5 Å². The molecule has 8 nitrogen and oxygen atoms in total. The molecule has 1 atom stereocenters. The molecule has 2 aliphatic heterocycles. The lowest BCUT2D eigenvalue weighted by atomic mass is 10.1. The van der Waals surface area contributed by atoms with Gasteiger partial charge in [0.2, 0.25) is 0 Å². The van der Waals surface area contributed by atoms with Gasteiger partial charge in [0.25, 0.3) is 0 Å². The molecule has 8 heteroatoms. The molecule has 0 spiro atoms. The molecule has 4 heterocycles. The SMILES string of the molecule is CNc1cc(N2CCCC2CNc2nc3c(cc2C#N)COCC3)ncn1. The number of nitriles is 1. The lowest BCUT2D eigenvalue weighted by molar-refractivity contribution is 0.109. The van der Waals surface area contributed by atoms with Gasteiger partial charge in [-0.15, -0.1) is 0 Å². The number of nitrogens with one attached hydrogen (secondary N) is 2. The van der Waals surface area contributed by atoms with Crippen LogP contribution < -0.4 is 15.5 Å². The second-order valence-electron chi connectivity index (χ2n) is 6.79. The first-order valence-corrected chi connectivity index (χ1v) is 9.29. The van der Waals surface area contributed by atoms with Crippen LogP contribution in [0.1, 0.15) is 29.7 Å². The van der Waals surface area contributed by atoms with Crippen molar-refractivity contribution in [2.24, 2.45) is 0 Å². The first kappa shape index (κ1) is 17.5. The molecule has 2 aliphatic rings. The molecule has 0 bridgehead atoms. The molecule has 1 unspecified atom stereocenters. The molecule has 2 N–H and O–H groups in total. The van der Waals surface area contributed by atoms with E-state index < -0.39 is 0 Å². The summed E-state index contributed by atoms with van der Waals surface area (Å²) in [6.07, 6.45) is 4.57. The van der Waals surface area contributed by atoms with Crippen molar-refractivity contribution in [1.29, 1.82) is 5.26 Å². The third kappa shape index (κ3) is 3.64. The van der Waals surface area contributed by atoms with E-state index in [4.69, 9.17) is 9.72 Å². The molecular formula is C19H23N7O. The van der Waals surface area contributed by atoms with Crippen LogP contribution in [0.25, 0.3) is 0 Å². The van der Waals surface area contributed by atoms with Gasteiger partial charge in [-0.25, -0.2) is 15.0 Å². The Balaban J connectivity index is 1.50. The van der Waals surface area contributed by atoms with Crippen LogP contribution in [-0.2, 0) is 17.8 Å². The molecule has 0 radical (unpaired) electrons. The van der Waals surface area contributed by atoms with Crippen LogP contribution in [0.15, 0.2) is 18.5 Å². The Morgan fingerprint density at radius 3 is 3.15 bits per heavy atom. The summed E-state index contributed by atoms with van der Waals surface area (Å²) < 4.78 is 5.46. The Morgan fingerprint density at radius 1 is 1.37 bits per heavy atom. The van der Waals surface area contributed by atoms with Gasteiger partial charge in [-0.3, -0.25) is 0 Å². The number of pyridine rings is 1. The van der Waals surface area contributed by atoms with E-state index in [1.807, 2.05) is 19.2 Å². The second kappa shape index (κ2) is 7.76. The Labute approximate surface area is 158 Å². The smallest absolute Gasteiger partial charge is 0.144 e. The summed E-state index contributed by atoms with van der Waals surface area (Å²) in [7, 11) is 1.85. The van der Waals surface area contributed by atoms with Gasteiger partial charge in [0, 0.05) is 44.2 Å². The molecule has 1 fully saturated rings. The third-order valence-electron chi connectivity index (χ3n) is 5.14. The molecule has 4 rings (SSSR count). The van der Waals surface area contributed by atoms with Crippen molar-refractivity contribution in [3.05, 3.63) is 35.3 Å². The zero-order valence-corrected chi connectivity index (χ0v) is 15.4. The summed E-state index contributed by atoms with van der Waals surface area (Å²) in [6.45, 7) is 2.90. The quantitative estimate of drug-likeness (QED) is 0.829. The summed E-state index contributed by atoms with van der Waals surface area (Å²) in [5, 5.41) is 16.0. The number of aromatic nitrogens is 3. The van der Waals surface area contributed by atoms with Crippen molar-refractivity contribution >= 4 is 17.5 Å². The van der Waals surface area contributed by atoms with E-state index >= 15 is 0 Å². The molecule has 0 aliphatic carbocycles. The predicted octanol–water partition coefficient (Wildman–Crippen LogP) is 1.94. The minimum absolute atomic E-state index is 0.303. The maximum absolute atomic E-state index is 9.49. The number of nitrogens with zero attached hydrogens (tertiary/aromatic N) is 5. The third-order valence-corrected chi connectivity index (χ3v) is 5.14. The molecule has 140 valence electrons. The zero-order valence-electron chi connectivity index (χ0n) is 15.4. The fourth-order valence-corrected chi connectivity index (χ4v) is 3.71. The van der Waals surface area contributed by atoms with Crippen LogP contribution in [0, 0.1) is 11.3 Å². The van der Waals surface area contributed by atoms with E-state index in [1.54, 1.807) is 6.33 Å². The van der Waals surface area contributed by atoms with Crippen LogP contribution in [-0.4, -0.2) is 47.7 Å². The normalized spacial score (nSPS) is 18.7. The Morgan fingerprint density at radius 2 is 2.30 bits per heavy atom. The zero-order chi connectivity index (χ0) is 18.6. The van der Waals surface area contributed by atoms with Gasteiger partial charge in [-0.1, -0.05) is 0 Å². The molecular weight excluding hydrogens is 342 g/mol. The fraction of sp³-hybridized carbons (Fsp3) is 0.474. The number of hydrogen-bond acceptors (Lipinski definition) is 8. The van der Waals surface area contributed by atoms with Gasteiger partial charge in [-0.05, 0) is 18.9 Å². The summed E-state index contributed by atoms with van der Waals surface area (Å²) in [5.74, 6) is 2.40. The van der Waals surface area contributed by atoms with E-state index in [-0.39, 0.29) is 0 Å².